The normalized spacial score (nSPS) is 28.7. The van der Waals surface area contributed by atoms with Gasteiger partial charge in [0.15, 0.2) is 18.0 Å². The van der Waals surface area contributed by atoms with Gasteiger partial charge in [-0.2, -0.15) is 0 Å². The van der Waals surface area contributed by atoms with Crippen LogP contribution in [0.4, 0.5) is 0 Å². The third-order valence-electron chi connectivity index (χ3n) is 19.9. The summed E-state index contributed by atoms with van der Waals surface area (Å²) in [6, 6.07) is -6.77. The smallest absolute Gasteiger partial charge is 0.329 e. The summed E-state index contributed by atoms with van der Waals surface area (Å²) in [5.74, 6) is -18.5. The number of amides is 5. The van der Waals surface area contributed by atoms with Crippen LogP contribution in [0, 0.1) is 35.5 Å². The highest BCUT2D eigenvalue weighted by molar-refractivity contribution is 8.00. The fraction of sp³-hybridized carbons (Fsp3) is 0.693. The van der Waals surface area contributed by atoms with E-state index in [9.17, 15) is 77.3 Å². The molecular weight excluding hydrogens is 1480 g/mol. The van der Waals surface area contributed by atoms with Crippen molar-refractivity contribution in [1.82, 2.24) is 26.2 Å². The summed E-state index contributed by atoms with van der Waals surface area (Å²) in [5, 5.41) is 46.0. The molecule has 3 fully saturated rings. The first-order valence-electron chi connectivity index (χ1n) is 37.1. The van der Waals surface area contributed by atoms with Crippen molar-refractivity contribution in [2.75, 3.05) is 64.0 Å². The van der Waals surface area contributed by atoms with Crippen LogP contribution in [0.5, 0.6) is 0 Å². The number of esters is 3. The molecule has 1 aliphatic carbocycles. The number of nitrogens with two attached hydrogens (primary N) is 2. The molecule has 3 aliphatic heterocycles. The van der Waals surface area contributed by atoms with Crippen molar-refractivity contribution < 1.29 is 126 Å². The zero-order valence-corrected chi connectivity index (χ0v) is 66.0. The number of carboxylic acid groups (broad SMARTS) is 4. The third-order valence-corrected chi connectivity index (χ3v) is 21.9. The lowest BCUT2D eigenvalue weighted by Gasteiger charge is -2.39. The maximum Gasteiger partial charge on any atom is 0.329 e. The predicted molar refractivity (Wildman–Crippen MR) is 401 cm³/mol. The number of hydrogen-bond acceptors (Lipinski definition) is 26. The lowest BCUT2D eigenvalue weighted by molar-refractivity contribution is -0.170. The number of ketones is 3. The first-order valence-corrected chi connectivity index (χ1v) is 39.4. The van der Waals surface area contributed by atoms with Gasteiger partial charge in [0.05, 0.1) is 29.8 Å². The molecule has 616 valence electrons. The Kier molecular flexibility index (Phi) is 41.3. The van der Waals surface area contributed by atoms with Crippen LogP contribution in [0.3, 0.4) is 0 Å². The highest BCUT2D eigenvalue weighted by atomic mass is 32.2. The van der Waals surface area contributed by atoms with Crippen LogP contribution in [0.1, 0.15) is 151 Å². The van der Waals surface area contributed by atoms with E-state index in [4.69, 9.17) is 54.8 Å². The summed E-state index contributed by atoms with van der Waals surface area (Å²) in [6.07, 6.45) is 5.63. The topological polar surface area (TPSA) is 505 Å². The summed E-state index contributed by atoms with van der Waals surface area (Å²) >= 11 is 1.70. The van der Waals surface area contributed by atoms with E-state index in [1.807, 2.05) is 51.2 Å². The van der Waals surface area contributed by atoms with Gasteiger partial charge in [-0.15, -0.1) is 23.5 Å². The molecule has 5 amide bonds. The number of nitrogens with one attached hydrogen (secondary N) is 4. The van der Waals surface area contributed by atoms with Crippen LogP contribution in [-0.2, 0) is 105 Å². The molecule has 4 rings (SSSR count). The number of fused-ring (bicyclic) bond motifs is 3. The number of rotatable bonds is 32. The van der Waals surface area contributed by atoms with E-state index in [1.165, 1.54) is 32.1 Å². The molecule has 33 nitrogen and oxygen atoms in total. The number of cyclic esters (lactones) is 1. The van der Waals surface area contributed by atoms with Crippen molar-refractivity contribution in [3.05, 3.63) is 47.6 Å². The molecular formula is C75H113N7O26S2. The molecule has 0 aromatic carbocycles. The van der Waals surface area contributed by atoms with E-state index in [2.05, 4.69) is 21.3 Å². The van der Waals surface area contributed by atoms with Gasteiger partial charge < -0.3 is 91.2 Å². The molecule has 110 heavy (non-hydrogen) atoms. The highest BCUT2D eigenvalue weighted by Gasteiger charge is 2.45. The van der Waals surface area contributed by atoms with Gasteiger partial charge in [0.1, 0.15) is 67.4 Å². The van der Waals surface area contributed by atoms with E-state index in [-0.39, 0.29) is 79.2 Å². The molecule has 0 spiro atoms. The van der Waals surface area contributed by atoms with Gasteiger partial charge in [-0.1, -0.05) is 71.1 Å². The largest absolute Gasteiger partial charge is 0.480 e. The number of Topliss-reactive ketones (excluding diaryl/α,β-unsaturated/α-hetero) is 3. The van der Waals surface area contributed by atoms with Gasteiger partial charge in [0.2, 0.25) is 29.4 Å². The van der Waals surface area contributed by atoms with Gasteiger partial charge in [0.25, 0.3) is 5.91 Å². The Labute approximate surface area is 649 Å². The van der Waals surface area contributed by atoms with Crippen LogP contribution in [-0.4, -0.2) is 257 Å². The van der Waals surface area contributed by atoms with Gasteiger partial charge >= 0.3 is 41.8 Å². The Morgan fingerprint density at radius 2 is 1.25 bits per heavy atom. The maximum absolute atomic E-state index is 15.0. The minimum absolute atomic E-state index is 0.0432. The lowest BCUT2D eigenvalue weighted by atomic mass is 9.78. The summed E-state index contributed by atoms with van der Waals surface area (Å²) < 4.78 is 42.6. The maximum atomic E-state index is 15.0. The lowest BCUT2D eigenvalue weighted by Crippen LogP contribution is -2.55. The van der Waals surface area contributed by atoms with E-state index >= 15 is 4.79 Å². The van der Waals surface area contributed by atoms with Crippen LogP contribution in [0.15, 0.2) is 47.6 Å². The molecule has 35 heteroatoms. The van der Waals surface area contributed by atoms with Gasteiger partial charge in [-0.25, -0.2) is 4.79 Å². The Morgan fingerprint density at radius 1 is 0.664 bits per heavy atom. The molecule has 19 atom stereocenters. The third kappa shape index (κ3) is 32.0. The molecule has 12 N–H and O–H groups in total. The fourth-order valence-corrected chi connectivity index (χ4v) is 15.2. The number of thioether (sulfide) groups is 2. The van der Waals surface area contributed by atoms with E-state index in [0.29, 0.717) is 57.8 Å². The average molecular weight is 1590 g/mol. The molecule has 2 bridgehead atoms. The second-order valence-corrected chi connectivity index (χ2v) is 30.9. The minimum atomic E-state index is -1.50. The fourth-order valence-electron chi connectivity index (χ4n) is 13.5. The Balaban J connectivity index is 1.72. The monoisotopic (exact) mass is 1590 g/mol. The number of carboxylic acids is 4. The van der Waals surface area contributed by atoms with Crippen molar-refractivity contribution in [2.45, 2.75) is 230 Å². The van der Waals surface area contributed by atoms with Crippen LogP contribution >= 0.6 is 23.5 Å². The molecule has 0 aromatic rings. The summed E-state index contributed by atoms with van der Waals surface area (Å²) in [7, 11) is 4.26. The van der Waals surface area contributed by atoms with Gasteiger partial charge in [-0.05, 0) is 126 Å². The highest BCUT2D eigenvalue weighted by Crippen LogP contribution is 2.37. The molecule has 3 heterocycles. The number of ether oxygens (including phenoxy) is 7. The van der Waals surface area contributed by atoms with Crippen LogP contribution in [0.2, 0.25) is 0 Å². The quantitative estimate of drug-likeness (QED) is 0.0200. The summed E-state index contributed by atoms with van der Waals surface area (Å²) in [5.41, 5.74) is 12.1. The number of aliphatic carboxylic acids is 4. The van der Waals surface area contributed by atoms with E-state index in [0.717, 1.165) is 29.1 Å². The average Bonchev–Trinajstić information content (AvgIpc) is 0.814. The number of hydrogen-bond donors (Lipinski definition) is 10. The van der Waals surface area contributed by atoms with Crippen molar-refractivity contribution in [1.29, 1.82) is 0 Å². The van der Waals surface area contributed by atoms with Crippen molar-refractivity contribution in [3.63, 3.8) is 0 Å². The zero-order chi connectivity index (χ0) is 82.1. The number of carbonyl (C=O) groups excluding carboxylic acids is 11. The number of carbonyl (C=O) groups is 15. The first kappa shape index (κ1) is 94.4. The molecule has 2 saturated heterocycles. The zero-order valence-electron chi connectivity index (χ0n) is 64.4. The van der Waals surface area contributed by atoms with Crippen molar-refractivity contribution >= 4 is 112 Å². The second-order valence-electron chi connectivity index (χ2n) is 28.8. The first-order chi connectivity index (χ1) is 52.0. The Morgan fingerprint density at radius 3 is 1.79 bits per heavy atom. The van der Waals surface area contributed by atoms with Gasteiger partial charge in [-0.3, -0.25) is 67.1 Å². The number of piperidine rings is 1. The summed E-state index contributed by atoms with van der Waals surface area (Å²) in [4.78, 5) is 200. The molecule has 0 aromatic heterocycles. The molecule has 4 aliphatic rings. The standard InChI is InChI=1S/C75H113N7O26S2/c1-40-16-12-11-13-17-41(2)56(102-8)32-48-21-19-42(3)67(105-48)66(93)72(96)82-27-15-14-18-53(82)75(101)107-57(44(5)30-47-20-24-55(58(31-47)103-9)106-63(90)38-109-36-51(70(94)78-34-61(86)87)80-59(84)25-22-49(76)73(97)98)33-54(83)43(4)29-46(7)68(69(104-10)65(92)45(6)28-40)108-64(91)39-110-37-52(71(95)79-35-62(88)89)81-60(85)26-23-50(77)74(99)100/h11-13,16-17,29,40,42-45,47-53,55-58,67-69H,14-15,18-28,30-39,76-77H2,1-10H3,(H,78,94)(H,79,95)(H,80,84)(H,81,85)(H,86,87)(H,88,89)(H,97,98)(H,99,100)/b13-11+,16-12-,41-17+,46-29+/t40-,42+,43+,44+,45+,47-,48+,49-,50-,51-,52-,53-,55+,56-,57?,58+,67+,68+,69-/m0/s1. The minimum Gasteiger partial charge on any atom is -0.480 e. The second kappa shape index (κ2) is 48.1. The Hall–Kier alpha value is -7.93. The van der Waals surface area contributed by atoms with Gasteiger partial charge in [0, 0.05) is 76.9 Å². The van der Waals surface area contributed by atoms with Crippen molar-refractivity contribution in [3.8, 4) is 0 Å². The molecule has 1 unspecified atom stereocenters. The SMILES string of the molecule is CO[C@H]1C[C@H]2CC[C@@H](C)[C@@H](O2)C(=O)C(=O)N2CCCC[C@H]2C(=O)OC([C@H](C)C[C@@H]2CC[C@@H](OC(=O)CSC[C@H](NC(=O)CC[C@H](N)C(=O)O)C(=O)NCC(=O)O)[C@H](OC)C2)CC(=O)[C@H](C)/C=C(\C)[C@@H](OC(=O)CSC[C@H](NC(=O)CC[C@H](N)C(=O)O)C(=O)NCC(=O)O)[C@@H](OC)C(=O)[C@H](C)C[C@@H](C)\C=C/C=C/C=C/1C. The van der Waals surface area contributed by atoms with Crippen molar-refractivity contribution in [2.24, 2.45) is 47.0 Å². The number of methoxy groups -OCH3 is 3. The molecule has 0 radical (unpaired) electrons. The van der Waals surface area contributed by atoms with Crippen LogP contribution < -0.4 is 32.7 Å². The summed E-state index contributed by atoms with van der Waals surface area (Å²) in [6.45, 7) is 10.7. The Bertz CT molecular complexity index is 3330. The van der Waals surface area contributed by atoms with Crippen LogP contribution in [0.25, 0.3) is 0 Å². The number of nitrogens with zero attached hydrogens (tertiary/aromatic N) is 1. The number of allylic oxidation sites excluding steroid dienone is 6. The van der Waals surface area contributed by atoms with E-state index < -0.39 is 217 Å². The van der Waals surface area contributed by atoms with E-state index in [1.54, 1.807) is 27.9 Å². The predicted octanol–water partition coefficient (Wildman–Crippen LogP) is 3.18. The molecule has 1 saturated carbocycles.